The molecule has 0 amide bonds. The van der Waals surface area contributed by atoms with Gasteiger partial charge in [0.05, 0.1) is 25.7 Å². The van der Waals surface area contributed by atoms with Crippen LogP contribution in [0.2, 0.25) is 0 Å². The number of sulfone groups is 1. The van der Waals surface area contributed by atoms with Crippen LogP contribution < -0.4 is 14.2 Å². The summed E-state index contributed by atoms with van der Waals surface area (Å²) in [4.78, 5) is -0.0753. The molecule has 0 aliphatic carbocycles. The summed E-state index contributed by atoms with van der Waals surface area (Å²) >= 11 is 0. The lowest BCUT2D eigenvalue weighted by Crippen LogP contribution is -2.35. The van der Waals surface area contributed by atoms with Gasteiger partial charge in [-0.1, -0.05) is 0 Å². The molecule has 9 heteroatoms. The van der Waals surface area contributed by atoms with Crippen LogP contribution in [0.4, 0.5) is 0 Å². The van der Waals surface area contributed by atoms with Gasteiger partial charge in [-0.05, 0) is 18.6 Å². The maximum Gasteiger partial charge on any atom is 0.244 e. The minimum absolute atomic E-state index is 0.00453. The monoisotopic (exact) mass is 335 g/mol. The molecule has 1 aromatic carbocycles. The first-order valence-corrected chi connectivity index (χ1v) is 9.52. The molecule has 0 radical (unpaired) electrons. The highest BCUT2D eigenvalue weighted by Crippen LogP contribution is 2.28. The molecule has 1 aliphatic heterocycles. The van der Waals surface area contributed by atoms with Gasteiger partial charge in [0.15, 0.2) is 9.84 Å². The molecular formula is C12H17NO6S2. The Kier molecular flexibility index (Phi) is 4.45. The number of rotatable bonds is 5. The molecular weight excluding hydrogens is 318 g/mol. The van der Waals surface area contributed by atoms with Crippen molar-refractivity contribution >= 4 is 19.9 Å². The first-order valence-electron chi connectivity index (χ1n) is 6.22. The van der Waals surface area contributed by atoms with Crippen LogP contribution in [0.3, 0.4) is 0 Å². The van der Waals surface area contributed by atoms with E-state index in [9.17, 15) is 16.8 Å². The van der Waals surface area contributed by atoms with Gasteiger partial charge >= 0.3 is 0 Å². The smallest absolute Gasteiger partial charge is 0.244 e. The largest absolute Gasteiger partial charge is 0.497 e. The van der Waals surface area contributed by atoms with E-state index in [1.165, 1.54) is 26.4 Å². The highest BCUT2D eigenvalue weighted by atomic mass is 32.2. The topological polar surface area (TPSA) is 98.8 Å². The predicted octanol–water partition coefficient (Wildman–Crippen LogP) is 0.169. The summed E-state index contributed by atoms with van der Waals surface area (Å²) in [6, 6.07) is 3.79. The molecule has 0 spiro atoms. The normalized spacial score (nSPS) is 21.1. The Balaban J connectivity index is 2.31. The maximum absolute atomic E-state index is 12.4. The summed E-state index contributed by atoms with van der Waals surface area (Å²) in [7, 11) is -4.26. The molecule has 1 atom stereocenters. The van der Waals surface area contributed by atoms with Crippen molar-refractivity contribution in [3.8, 4) is 11.5 Å². The molecule has 1 N–H and O–H groups in total. The van der Waals surface area contributed by atoms with Crippen molar-refractivity contribution in [1.29, 1.82) is 0 Å². The lowest BCUT2D eigenvalue weighted by Gasteiger charge is -2.14. The number of benzene rings is 1. The van der Waals surface area contributed by atoms with Crippen molar-refractivity contribution in [2.75, 3.05) is 25.7 Å². The molecule has 7 nitrogen and oxygen atoms in total. The number of hydrogen-bond acceptors (Lipinski definition) is 6. The van der Waals surface area contributed by atoms with Gasteiger partial charge in [0.1, 0.15) is 16.4 Å². The Morgan fingerprint density at radius 3 is 2.48 bits per heavy atom. The third-order valence-corrected chi connectivity index (χ3v) is 6.52. The second-order valence-electron chi connectivity index (χ2n) is 4.74. The van der Waals surface area contributed by atoms with E-state index in [4.69, 9.17) is 9.47 Å². The maximum atomic E-state index is 12.4. The van der Waals surface area contributed by atoms with Crippen LogP contribution in [-0.2, 0) is 19.9 Å². The summed E-state index contributed by atoms with van der Waals surface area (Å²) in [5, 5.41) is 0. The van der Waals surface area contributed by atoms with E-state index in [-0.39, 0.29) is 28.6 Å². The standard InChI is InChI=1S/C12H17NO6S2/c1-18-10-3-4-11(19-2)12(7-10)21(16,17)13-9-5-6-20(14,15)8-9/h3-4,7,9,13H,5-6,8H2,1-2H3/t9-/m1/s1. The molecule has 1 saturated heterocycles. The van der Waals surface area contributed by atoms with Gasteiger partial charge < -0.3 is 9.47 Å². The molecule has 1 fully saturated rings. The van der Waals surface area contributed by atoms with E-state index in [1.807, 2.05) is 0 Å². The van der Waals surface area contributed by atoms with Crippen LogP contribution in [0.15, 0.2) is 23.1 Å². The fraction of sp³-hybridized carbons (Fsp3) is 0.500. The van der Waals surface area contributed by atoms with E-state index >= 15 is 0 Å². The zero-order valence-corrected chi connectivity index (χ0v) is 13.3. The molecule has 1 aliphatic rings. The first kappa shape index (κ1) is 16.1. The second kappa shape index (κ2) is 5.82. The number of methoxy groups -OCH3 is 2. The van der Waals surface area contributed by atoms with Crippen molar-refractivity contribution in [3.63, 3.8) is 0 Å². The highest BCUT2D eigenvalue weighted by Gasteiger charge is 2.32. The number of nitrogens with one attached hydrogen (secondary N) is 1. The molecule has 0 bridgehead atoms. The Morgan fingerprint density at radius 1 is 1.24 bits per heavy atom. The lowest BCUT2D eigenvalue weighted by atomic mass is 10.3. The van der Waals surface area contributed by atoms with Crippen molar-refractivity contribution in [3.05, 3.63) is 18.2 Å². The fourth-order valence-electron chi connectivity index (χ4n) is 2.16. The average Bonchev–Trinajstić information content (AvgIpc) is 2.76. The van der Waals surface area contributed by atoms with Crippen molar-refractivity contribution < 1.29 is 26.3 Å². The Hall–Kier alpha value is -1.32. The quantitative estimate of drug-likeness (QED) is 0.823. The molecule has 2 rings (SSSR count). The van der Waals surface area contributed by atoms with Gasteiger partial charge in [-0.25, -0.2) is 21.6 Å². The van der Waals surface area contributed by atoms with Gasteiger partial charge in [0.25, 0.3) is 0 Å². The van der Waals surface area contributed by atoms with Gasteiger partial charge in [-0.3, -0.25) is 0 Å². The van der Waals surface area contributed by atoms with Crippen molar-refractivity contribution in [1.82, 2.24) is 4.72 Å². The first-order chi connectivity index (χ1) is 9.77. The third-order valence-electron chi connectivity index (χ3n) is 3.21. The fourth-order valence-corrected chi connectivity index (χ4v) is 5.40. The van der Waals surface area contributed by atoms with E-state index in [0.29, 0.717) is 5.75 Å². The summed E-state index contributed by atoms with van der Waals surface area (Å²) in [5.41, 5.74) is 0. The molecule has 1 aromatic rings. The lowest BCUT2D eigenvalue weighted by molar-refractivity contribution is 0.391. The van der Waals surface area contributed by atoms with Crippen LogP contribution in [0.1, 0.15) is 6.42 Å². The van der Waals surface area contributed by atoms with Crippen LogP contribution >= 0.6 is 0 Å². The zero-order valence-electron chi connectivity index (χ0n) is 11.7. The third kappa shape index (κ3) is 3.66. The van der Waals surface area contributed by atoms with E-state index in [2.05, 4.69) is 4.72 Å². The molecule has 1 heterocycles. The SMILES string of the molecule is COc1ccc(OC)c(S(=O)(=O)N[C@@H]2CCS(=O)(=O)C2)c1. The second-order valence-corrected chi connectivity index (χ2v) is 8.65. The van der Waals surface area contributed by atoms with Gasteiger partial charge in [-0.2, -0.15) is 0 Å². The molecule has 0 aromatic heterocycles. The number of sulfonamides is 1. The van der Waals surface area contributed by atoms with Gasteiger partial charge in [0.2, 0.25) is 10.0 Å². The van der Waals surface area contributed by atoms with Crippen LogP contribution in [0, 0.1) is 0 Å². The van der Waals surface area contributed by atoms with Crippen LogP contribution in [0.5, 0.6) is 11.5 Å². The number of hydrogen-bond donors (Lipinski definition) is 1. The minimum atomic E-state index is -3.89. The number of ether oxygens (including phenoxy) is 2. The average molecular weight is 335 g/mol. The van der Waals surface area contributed by atoms with Crippen LogP contribution in [0.25, 0.3) is 0 Å². The van der Waals surface area contributed by atoms with E-state index < -0.39 is 25.9 Å². The van der Waals surface area contributed by atoms with E-state index in [1.54, 1.807) is 6.07 Å². The Morgan fingerprint density at radius 2 is 1.95 bits per heavy atom. The minimum Gasteiger partial charge on any atom is -0.497 e. The summed E-state index contributed by atoms with van der Waals surface area (Å²) in [6.07, 6.45) is 0.272. The van der Waals surface area contributed by atoms with Crippen molar-refractivity contribution in [2.45, 2.75) is 17.4 Å². The van der Waals surface area contributed by atoms with Crippen molar-refractivity contribution in [2.24, 2.45) is 0 Å². The highest BCUT2D eigenvalue weighted by molar-refractivity contribution is 7.92. The zero-order chi connectivity index (χ0) is 15.7. The Labute approximate surface area is 124 Å². The molecule has 0 saturated carbocycles. The molecule has 118 valence electrons. The summed E-state index contributed by atoms with van der Waals surface area (Å²) in [6.45, 7) is 0. The molecule has 21 heavy (non-hydrogen) atoms. The van der Waals surface area contributed by atoms with Crippen LogP contribution in [-0.4, -0.2) is 48.6 Å². The van der Waals surface area contributed by atoms with Gasteiger partial charge in [0, 0.05) is 12.1 Å². The Bertz CT molecular complexity index is 726. The predicted molar refractivity (Wildman–Crippen MR) is 76.9 cm³/mol. The van der Waals surface area contributed by atoms with Gasteiger partial charge in [-0.15, -0.1) is 0 Å². The summed E-state index contributed by atoms with van der Waals surface area (Å²) in [5.74, 6) is 0.355. The molecule has 0 unspecified atom stereocenters. The summed E-state index contributed by atoms with van der Waals surface area (Å²) < 4.78 is 60.1. The van der Waals surface area contributed by atoms with E-state index in [0.717, 1.165) is 0 Å².